The molecule has 1 saturated carbocycles. The first kappa shape index (κ1) is 26.6. The van der Waals surface area contributed by atoms with E-state index < -0.39 is 29.5 Å². The van der Waals surface area contributed by atoms with E-state index in [1.165, 1.54) is 4.90 Å². The van der Waals surface area contributed by atoms with Gasteiger partial charge in [0.05, 0.1) is 25.5 Å². The van der Waals surface area contributed by atoms with E-state index in [1.807, 2.05) is 39.1 Å². The number of aliphatic hydroxyl groups is 1. The molecule has 2 unspecified atom stereocenters. The van der Waals surface area contributed by atoms with Crippen LogP contribution in [-0.2, 0) is 20.9 Å². The summed E-state index contributed by atoms with van der Waals surface area (Å²) in [5, 5.41) is 24.2. The number of nitrogens with zero attached hydrogens (tertiary/aromatic N) is 4. The number of rotatable bonds is 9. The van der Waals surface area contributed by atoms with Gasteiger partial charge in [0, 0.05) is 31.6 Å². The van der Waals surface area contributed by atoms with Gasteiger partial charge in [-0.25, -0.2) is 4.68 Å². The fourth-order valence-corrected chi connectivity index (χ4v) is 4.62. The molecule has 2 heterocycles. The molecule has 2 aliphatic rings. The highest BCUT2D eigenvalue weighted by atomic mass is 16.5. The fraction of sp³-hybridized carbons (Fsp3) is 0.577. The number of methoxy groups -OCH3 is 1. The summed E-state index contributed by atoms with van der Waals surface area (Å²) >= 11 is 0. The van der Waals surface area contributed by atoms with Gasteiger partial charge in [0.2, 0.25) is 17.7 Å². The highest BCUT2D eigenvalue weighted by Crippen LogP contribution is 2.40. The summed E-state index contributed by atoms with van der Waals surface area (Å²) in [6, 6.07) is 5.72. The molecule has 0 spiro atoms. The Morgan fingerprint density at radius 1 is 1.16 bits per heavy atom. The number of hydrogen-bond donors (Lipinski definition) is 3. The molecule has 3 atom stereocenters. The predicted molar refractivity (Wildman–Crippen MR) is 134 cm³/mol. The van der Waals surface area contributed by atoms with E-state index in [2.05, 4.69) is 20.9 Å². The molecule has 1 saturated heterocycles. The van der Waals surface area contributed by atoms with Crippen LogP contribution in [0.25, 0.3) is 0 Å². The van der Waals surface area contributed by atoms with E-state index in [0.29, 0.717) is 12.5 Å². The minimum Gasteiger partial charge on any atom is -0.497 e. The maximum Gasteiger partial charge on any atom is 0.248 e. The van der Waals surface area contributed by atoms with Gasteiger partial charge in [-0.2, -0.15) is 0 Å². The van der Waals surface area contributed by atoms with Gasteiger partial charge >= 0.3 is 0 Å². The van der Waals surface area contributed by atoms with Gasteiger partial charge in [0.15, 0.2) is 0 Å². The van der Waals surface area contributed by atoms with Crippen molar-refractivity contribution in [3.8, 4) is 5.75 Å². The standard InChI is InChI=1S/C26H36N6O5/c1-26(2,3)23(32-15-20(29-30-32)17-7-8-17)25(36)31-14-18(33)11-21(31)24(35)28-13-22(34)27-12-16-5-9-19(37-4)10-6-16/h5-6,9-10,15,17-18,21,23,33H,7-8,11-14H2,1-4H3,(H,27,34)(H,28,35)/t18?,21?,23-/m1/s1. The third-order valence-corrected chi connectivity index (χ3v) is 6.78. The lowest BCUT2D eigenvalue weighted by atomic mass is 9.85. The van der Waals surface area contributed by atoms with E-state index in [0.717, 1.165) is 29.8 Å². The Morgan fingerprint density at radius 2 is 1.86 bits per heavy atom. The Bertz CT molecular complexity index is 1120. The molecule has 1 aliphatic carbocycles. The molecule has 1 aromatic carbocycles. The first-order valence-electron chi connectivity index (χ1n) is 12.6. The average molecular weight is 513 g/mol. The van der Waals surface area contributed by atoms with Crippen LogP contribution >= 0.6 is 0 Å². The van der Waals surface area contributed by atoms with Crippen molar-refractivity contribution in [2.24, 2.45) is 5.41 Å². The van der Waals surface area contributed by atoms with Gasteiger partial charge in [-0.05, 0) is 36.0 Å². The average Bonchev–Trinajstić information content (AvgIpc) is 3.47. The zero-order valence-corrected chi connectivity index (χ0v) is 21.8. The minimum atomic E-state index is -0.881. The van der Waals surface area contributed by atoms with E-state index >= 15 is 0 Å². The zero-order chi connectivity index (χ0) is 26.7. The summed E-state index contributed by atoms with van der Waals surface area (Å²) in [6.45, 7) is 5.91. The normalized spacial score (nSPS) is 20.4. The Morgan fingerprint density at radius 3 is 2.49 bits per heavy atom. The Balaban J connectivity index is 1.37. The van der Waals surface area contributed by atoms with Crippen LogP contribution in [0.3, 0.4) is 0 Å². The number of likely N-dealkylation sites (tertiary alicyclic amines) is 1. The van der Waals surface area contributed by atoms with E-state index in [9.17, 15) is 19.5 Å². The van der Waals surface area contributed by atoms with E-state index in [1.54, 1.807) is 23.9 Å². The highest BCUT2D eigenvalue weighted by Gasteiger charge is 2.45. The van der Waals surface area contributed by atoms with Crippen molar-refractivity contribution in [3.05, 3.63) is 41.7 Å². The largest absolute Gasteiger partial charge is 0.497 e. The summed E-state index contributed by atoms with van der Waals surface area (Å²) in [5.41, 5.74) is 1.25. The van der Waals surface area contributed by atoms with Crippen LogP contribution in [0, 0.1) is 5.41 Å². The van der Waals surface area contributed by atoms with Crippen molar-refractivity contribution in [1.29, 1.82) is 0 Å². The molecular weight excluding hydrogens is 476 g/mol. The van der Waals surface area contributed by atoms with E-state index in [-0.39, 0.29) is 31.3 Å². The molecule has 11 nitrogen and oxygen atoms in total. The van der Waals surface area contributed by atoms with Crippen molar-refractivity contribution in [3.63, 3.8) is 0 Å². The lowest BCUT2D eigenvalue weighted by molar-refractivity contribution is -0.144. The van der Waals surface area contributed by atoms with Gasteiger partial charge < -0.3 is 25.4 Å². The summed E-state index contributed by atoms with van der Waals surface area (Å²) in [5.74, 6) is -0.0215. The van der Waals surface area contributed by atoms with Crippen molar-refractivity contribution in [2.75, 3.05) is 20.2 Å². The zero-order valence-electron chi connectivity index (χ0n) is 21.8. The number of benzene rings is 1. The topological polar surface area (TPSA) is 139 Å². The molecule has 4 rings (SSSR count). The number of aromatic nitrogens is 3. The summed E-state index contributed by atoms with van der Waals surface area (Å²) < 4.78 is 6.71. The van der Waals surface area contributed by atoms with E-state index in [4.69, 9.17) is 4.74 Å². The molecule has 0 bridgehead atoms. The Hall–Kier alpha value is -3.47. The molecule has 37 heavy (non-hydrogen) atoms. The second-order valence-corrected chi connectivity index (χ2v) is 10.9. The van der Waals surface area contributed by atoms with Gasteiger partial charge in [0.25, 0.3) is 0 Å². The molecule has 200 valence electrons. The first-order valence-corrected chi connectivity index (χ1v) is 12.6. The van der Waals surface area contributed by atoms with Gasteiger partial charge in [0.1, 0.15) is 17.8 Å². The second kappa shape index (κ2) is 10.9. The SMILES string of the molecule is COc1ccc(CNC(=O)CNC(=O)C2CC(O)CN2C(=O)[C@@H](n2cc(C3CC3)nn2)C(C)(C)C)cc1. The number of β-amino-alcohol motifs (C(OH)–C–C–N with tert-alkyl or cyclic N) is 1. The quantitative estimate of drug-likeness (QED) is 0.458. The molecule has 1 aliphatic heterocycles. The third kappa shape index (κ3) is 6.46. The number of carbonyl (C=O) groups excluding carboxylic acids is 3. The van der Waals surface area contributed by atoms with Crippen molar-refractivity contribution < 1.29 is 24.2 Å². The van der Waals surface area contributed by atoms with Crippen LogP contribution in [0.2, 0.25) is 0 Å². The summed E-state index contributed by atoms with van der Waals surface area (Å²) in [7, 11) is 1.58. The smallest absolute Gasteiger partial charge is 0.248 e. The maximum absolute atomic E-state index is 13.7. The highest BCUT2D eigenvalue weighted by molar-refractivity contribution is 5.92. The monoisotopic (exact) mass is 512 g/mol. The van der Waals surface area contributed by atoms with Crippen molar-refractivity contribution in [1.82, 2.24) is 30.5 Å². The maximum atomic E-state index is 13.7. The van der Waals surface area contributed by atoms with Crippen LogP contribution in [0.1, 0.15) is 63.3 Å². The molecule has 3 amide bonds. The summed E-state index contributed by atoms with van der Waals surface area (Å²) in [6.07, 6.45) is 3.23. The van der Waals surface area contributed by atoms with Crippen molar-refractivity contribution in [2.45, 2.75) is 70.7 Å². The lowest BCUT2D eigenvalue weighted by Gasteiger charge is -2.34. The van der Waals surface area contributed by atoms with Crippen LogP contribution in [0.4, 0.5) is 0 Å². The van der Waals surface area contributed by atoms with Crippen LogP contribution in [0.15, 0.2) is 30.5 Å². The molecule has 2 fully saturated rings. The van der Waals surface area contributed by atoms with Crippen LogP contribution in [0.5, 0.6) is 5.75 Å². The van der Waals surface area contributed by atoms with Gasteiger partial charge in [-0.1, -0.05) is 38.1 Å². The molecule has 0 radical (unpaired) electrons. The molecular formula is C26H36N6O5. The number of carbonyl (C=O) groups is 3. The van der Waals surface area contributed by atoms with Crippen LogP contribution < -0.4 is 15.4 Å². The summed E-state index contributed by atoms with van der Waals surface area (Å²) in [4.78, 5) is 40.5. The second-order valence-electron chi connectivity index (χ2n) is 10.9. The van der Waals surface area contributed by atoms with Gasteiger partial charge in [-0.3, -0.25) is 14.4 Å². The fourth-order valence-electron chi connectivity index (χ4n) is 4.62. The first-order chi connectivity index (χ1) is 17.6. The lowest BCUT2D eigenvalue weighted by Crippen LogP contribution is -2.51. The molecule has 2 aromatic rings. The number of hydrogen-bond acceptors (Lipinski definition) is 7. The number of ether oxygens (including phenoxy) is 1. The number of nitrogens with one attached hydrogen (secondary N) is 2. The van der Waals surface area contributed by atoms with Crippen molar-refractivity contribution >= 4 is 17.7 Å². The number of aliphatic hydroxyl groups excluding tert-OH is 1. The molecule has 3 N–H and O–H groups in total. The molecule has 1 aromatic heterocycles. The Labute approximate surface area is 216 Å². The Kier molecular flexibility index (Phi) is 7.82. The minimum absolute atomic E-state index is 0.0390. The van der Waals surface area contributed by atoms with Gasteiger partial charge in [-0.15, -0.1) is 5.10 Å². The van der Waals surface area contributed by atoms with Crippen LogP contribution in [-0.4, -0.2) is 75.1 Å². The predicted octanol–water partition coefficient (Wildman–Crippen LogP) is 1.15. The molecule has 11 heteroatoms. The third-order valence-electron chi connectivity index (χ3n) is 6.78. The number of amides is 3.